The first-order chi connectivity index (χ1) is 39.0. The van der Waals surface area contributed by atoms with Crippen molar-refractivity contribution in [1.29, 1.82) is 0 Å². The van der Waals surface area contributed by atoms with Crippen molar-refractivity contribution in [3.63, 3.8) is 0 Å². The lowest BCUT2D eigenvalue weighted by atomic mass is 9.33. The van der Waals surface area contributed by atoms with Crippen molar-refractivity contribution in [1.82, 2.24) is 0 Å². The molecule has 22 heteroatoms. The van der Waals surface area contributed by atoms with Gasteiger partial charge in [0.05, 0.1) is 76.5 Å². The third kappa shape index (κ3) is 5.17. The fourth-order valence-corrected chi connectivity index (χ4v) is 24.5. The maximum Gasteiger partial charge on any atom is 0.306 e. The van der Waals surface area contributed by atoms with Gasteiger partial charge in [0.15, 0.2) is 23.4 Å². The summed E-state index contributed by atoms with van der Waals surface area (Å²) >= 11 is 0. The van der Waals surface area contributed by atoms with Gasteiger partial charge in [0.1, 0.15) is 33.6 Å². The molecule has 22 nitrogen and oxygen atoms in total. The molecule has 8 bridgehead atoms. The molecule has 8 heterocycles. The van der Waals surface area contributed by atoms with E-state index in [2.05, 4.69) is 20.8 Å². The lowest BCUT2D eigenvalue weighted by molar-refractivity contribution is -0.481. The van der Waals surface area contributed by atoms with Gasteiger partial charge in [-0.1, -0.05) is 41.5 Å². The largest absolute Gasteiger partial charge is 0.472 e. The summed E-state index contributed by atoms with van der Waals surface area (Å²) in [7, 11) is 7.72. The molecular formula is C61H78O22. The molecule has 16 rings (SSSR count). The molecule has 2 aromatic rings. The highest BCUT2D eigenvalue weighted by atomic mass is 16.9. The zero-order valence-electron chi connectivity index (χ0n) is 49.4. The summed E-state index contributed by atoms with van der Waals surface area (Å²) in [6.07, 6.45) is 3.46. The first-order valence-electron chi connectivity index (χ1n) is 29.4. The monoisotopic (exact) mass is 1160 g/mol. The Morgan fingerprint density at radius 3 is 1.64 bits per heavy atom. The molecular weight excluding hydrogens is 1080 g/mol. The molecule has 0 aromatic carbocycles. The Bertz CT molecular complexity index is 3150. The molecule has 83 heavy (non-hydrogen) atoms. The Morgan fingerprint density at radius 2 is 1.11 bits per heavy atom. The zero-order valence-corrected chi connectivity index (χ0v) is 49.4. The number of carbonyl (C=O) groups is 4. The number of esters is 4. The van der Waals surface area contributed by atoms with E-state index in [1.807, 2.05) is 33.8 Å². The number of fused-ring (bicyclic) bond motifs is 6. The van der Waals surface area contributed by atoms with Crippen molar-refractivity contribution in [2.75, 3.05) is 35.5 Å². The van der Waals surface area contributed by atoms with Crippen LogP contribution in [0.5, 0.6) is 0 Å². The normalized spacial score (nSPS) is 57.3. The SMILES string of the molecule is COC(=O)CC1C2(C)CC34OC5(C)OC67C(CC(=O)OC6C3(O)C2O)C(C)(C(O)c2ccoc2)CCC7(O5)C14C.COC(=O)CC1C2(C)CC34OC5(C)OC67C(CC(=O)OC6C3(OC)C2OC)C(C)(C(OC)c2ccoc2)CCC7(O5)C14C. The van der Waals surface area contributed by atoms with Gasteiger partial charge < -0.3 is 85.7 Å². The van der Waals surface area contributed by atoms with Crippen LogP contribution in [-0.4, -0.2) is 156 Å². The van der Waals surface area contributed by atoms with Gasteiger partial charge in [-0.3, -0.25) is 19.2 Å². The van der Waals surface area contributed by atoms with Crippen LogP contribution in [0.3, 0.4) is 0 Å². The highest BCUT2D eigenvalue weighted by molar-refractivity contribution is 5.76. The minimum Gasteiger partial charge on any atom is -0.472 e. The third-order valence-corrected chi connectivity index (χ3v) is 26.7. The van der Waals surface area contributed by atoms with E-state index >= 15 is 0 Å². The molecule has 0 radical (unpaired) electrons. The summed E-state index contributed by atoms with van der Waals surface area (Å²) in [5.41, 5.74) is -14.3. The Balaban J connectivity index is 0.000000142. The van der Waals surface area contributed by atoms with Crippen LogP contribution >= 0.6 is 0 Å². The van der Waals surface area contributed by atoms with Crippen LogP contribution in [0.25, 0.3) is 0 Å². The average Bonchev–Trinajstić information content (AvgIpc) is 1.45. The quantitative estimate of drug-likeness (QED) is 0.187. The van der Waals surface area contributed by atoms with Crippen molar-refractivity contribution >= 4 is 23.9 Å². The van der Waals surface area contributed by atoms with Crippen molar-refractivity contribution in [2.24, 2.45) is 56.2 Å². The predicted molar refractivity (Wildman–Crippen MR) is 276 cm³/mol. The van der Waals surface area contributed by atoms with Crippen LogP contribution < -0.4 is 0 Å². The van der Waals surface area contributed by atoms with Crippen molar-refractivity contribution < 1.29 is 105 Å². The molecule has 14 fully saturated rings. The molecule has 6 saturated heterocycles. The number of hydrogen-bond donors (Lipinski definition) is 3. The fourth-order valence-electron chi connectivity index (χ4n) is 24.5. The highest BCUT2D eigenvalue weighted by Gasteiger charge is 3.06. The molecule has 14 aliphatic rings. The van der Waals surface area contributed by atoms with E-state index in [1.165, 1.54) is 26.7 Å². The minimum atomic E-state index is -2.07. The van der Waals surface area contributed by atoms with E-state index < -0.39 is 156 Å². The molecule has 8 saturated carbocycles. The van der Waals surface area contributed by atoms with Crippen molar-refractivity contribution in [3.8, 4) is 0 Å². The summed E-state index contributed by atoms with van der Waals surface area (Å²) in [6, 6.07) is 3.59. The number of ether oxygens (including phenoxy) is 13. The molecule has 2 aromatic heterocycles. The Labute approximate surface area is 480 Å². The molecule has 26 atom stereocenters. The van der Waals surface area contributed by atoms with E-state index in [0.717, 1.165) is 5.56 Å². The lowest BCUT2D eigenvalue weighted by Gasteiger charge is -2.78. The van der Waals surface area contributed by atoms with Crippen LogP contribution in [0, 0.1) is 56.2 Å². The zero-order chi connectivity index (χ0) is 59.2. The number of methoxy groups -OCH3 is 5. The Morgan fingerprint density at radius 1 is 0.627 bits per heavy atom. The molecule has 26 unspecified atom stereocenters. The lowest BCUT2D eigenvalue weighted by Crippen LogP contribution is -2.94. The second-order valence-corrected chi connectivity index (χ2v) is 28.9. The molecule has 0 amide bonds. The van der Waals surface area contributed by atoms with Gasteiger partial charge in [0, 0.05) is 103 Å². The first-order valence-corrected chi connectivity index (χ1v) is 29.4. The second kappa shape index (κ2) is 15.8. The molecule has 6 spiro atoms. The maximum atomic E-state index is 13.9. The summed E-state index contributed by atoms with van der Waals surface area (Å²) in [4.78, 5) is 53.3. The van der Waals surface area contributed by atoms with E-state index in [-0.39, 0.29) is 50.0 Å². The fraction of sp³-hybridized carbons (Fsp3) is 0.803. The molecule has 6 aliphatic heterocycles. The summed E-state index contributed by atoms with van der Waals surface area (Å²) in [5.74, 6) is -6.66. The van der Waals surface area contributed by atoms with E-state index in [4.69, 9.17) is 70.4 Å². The van der Waals surface area contributed by atoms with Crippen LogP contribution in [0.1, 0.15) is 143 Å². The predicted octanol–water partition coefficient (Wildman–Crippen LogP) is 5.42. The van der Waals surface area contributed by atoms with Gasteiger partial charge in [-0.2, -0.15) is 0 Å². The number of aliphatic hydroxyl groups is 3. The van der Waals surface area contributed by atoms with Gasteiger partial charge in [-0.15, -0.1) is 0 Å². The number of aliphatic hydroxyl groups excluding tert-OH is 2. The number of rotatable bonds is 11. The van der Waals surface area contributed by atoms with Gasteiger partial charge in [-0.05, 0) is 62.5 Å². The highest BCUT2D eigenvalue weighted by Crippen LogP contribution is 2.92. The van der Waals surface area contributed by atoms with E-state index in [9.17, 15) is 34.5 Å². The van der Waals surface area contributed by atoms with Gasteiger partial charge >= 0.3 is 23.9 Å². The molecule has 3 N–H and O–H groups in total. The van der Waals surface area contributed by atoms with Crippen LogP contribution in [0.4, 0.5) is 0 Å². The van der Waals surface area contributed by atoms with Gasteiger partial charge in [-0.25, -0.2) is 0 Å². The summed E-state index contributed by atoms with van der Waals surface area (Å²) in [6.45, 7) is 15.7. The van der Waals surface area contributed by atoms with Crippen molar-refractivity contribution in [2.45, 2.75) is 213 Å². The topological polar surface area (TPSA) is 275 Å². The standard InChI is InChI=1S/C32H42O11.C29H36O11/c1-25(22(36-6)17-9-12-39-15-17)10-11-29-27(3)18(13-20(33)35-5)26(2)16-30(27)32(38-8,23(26)37-7)24-31(29,19(25)14-21(34)40-24)43-28(4,41-29)42-30;1-22(19(32)14-6-9-36-12-14)7-8-26-24(3)15(10-17(30)35-5)23(2)13-27(24)28(34,20(23)33)21-29(26,16(22)11-18(31)37-21)40-25(4,38-26)39-27/h9,12,15,18-19,22-24H,10-11,13-14,16H2,1-8H3;6,9,12,15-16,19-21,32-34H,7-8,10-11,13H2,1-5H3. The van der Waals surface area contributed by atoms with Crippen LogP contribution in [-0.2, 0) is 80.8 Å². The smallest absolute Gasteiger partial charge is 0.306 e. The Hall–Kier alpha value is -4.04. The summed E-state index contributed by atoms with van der Waals surface area (Å²) in [5, 5.41) is 36.8. The first kappa shape index (κ1) is 55.5. The maximum absolute atomic E-state index is 13.9. The number of furan rings is 2. The van der Waals surface area contributed by atoms with E-state index in [1.54, 1.807) is 46.8 Å². The number of hydrogen-bond acceptors (Lipinski definition) is 22. The minimum absolute atomic E-state index is 0.0241. The third-order valence-electron chi connectivity index (χ3n) is 26.7. The second-order valence-electron chi connectivity index (χ2n) is 28.9. The van der Waals surface area contributed by atoms with Crippen LogP contribution in [0.15, 0.2) is 46.0 Å². The average molecular weight is 1160 g/mol. The molecule has 8 aliphatic carbocycles. The van der Waals surface area contributed by atoms with Crippen LogP contribution in [0.2, 0.25) is 0 Å². The summed E-state index contributed by atoms with van der Waals surface area (Å²) < 4.78 is 95.2. The van der Waals surface area contributed by atoms with E-state index in [0.29, 0.717) is 37.7 Å². The van der Waals surface area contributed by atoms with Crippen molar-refractivity contribution in [3.05, 3.63) is 48.3 Å². The van der Waals surface area contributed by atoms with Gasteiger partial charge in [0.2, 0.25) is 0 Å². The molecule has 454 valence electrons. The number of carbonyl (C=O) groups excluding carboxylic acids is 4. The van der Waals surface area contributed by atoms with Gasteiger partial charge in [0.25, 0.3) is 11.9 Å². The Kier molecular flexibility index (Phi) is 10.6.